The van der Waals surface area contributed by atoms with Crippen LogP contribution in [0.5, 0.6) is 0 Å². The number of nitrogens with zero attached hydrogens (tertiary/aromatic N) is 3. The van der Waals surface area contributed by atoms with Crippen molar-refractivity contribution in [2.24, 2.45) is 0 Å². The zero-order valence-corrected chi connectivity index (χ0v) is 18.5. The molecule has 3 heterocycles. The van der Waals surface area contributed by atoms with E-state index in [0.29, 0.717) is 17.8 Å². The molecule has 2 aromatic carbocycles. The van der Waals surface area contributed by atoms with E-state index < -0.39 is 0 Å². The first-order valence-corrected chi connectivity index (χ1v) is 11.1. The fraction of sp³-hybridized carbons (Fsp3) is 0.148. The molecule has 0 bridgehead atoms. The molecule has 3 aromatic heterocycles. The van der Waals surface area contributed by atoms with Gasteiger partial charge in [-0.05, 0) is 29.2 Å². The van der Waals surface area contributed by atoms with E-state index in [1.54, 1.807) is 23.3 Å². The SMILES string of the molecule is CCCc1ccc(-c2cnc3[nH]cc(NC(=O)c4cnn(Cc5ccccc5)c4)c3c2)cc1. The number of carbonyl (C=O) groups excluding carboxylic acids is 1. The summed E-state index contributed by atoms with van der Waals surface area (Å²) in [5.41, 5.74) is 6.51. The quantitative estimate of drug-likeness (QED) is 0.345. The number of benzene rings is 2. The molecule has 0 saturated carbocycles. The van der Waals surface area contributed by atoms with Crippen LogP contribution in [-0.4, -0.2) is 25.7 Å². The first-order valence-electron chi connectivity index (χ1n) is 11.1. The van der Waals surface area contributed by atoms with Crippen LogP contribution in [0.25, 0.3) is 22.2 Å². The minimum absolute atomic E-state index is 0.204. The molecule has 0 fully saturated rings. The number of H-pyrrole nitrogens is 1. The number of hydrogen-bond acceptors (Lipinski definition) is 3. The number of aromatic amines is 1. The van der Waals surface area contributed by atoms with E-state index in [-0.39, 0.29) is 5.91 Å². The standard InChI is InChI=1S/C27H25N5O/c1-2-6-19-9-11-21(12-10-19)22-13-24-25(16-29-26(24)28-14-22)31-27(33)23-15-30-32(18-23)17-20-7-4-3-5-8-20/h3-5,7-16,18H,2,6,17H2,1H3,(H,28,29)(H,31,33). The van der Waals surface area contributed by atoms with Crippen molar-refractivity contribution in [1.29, 1.82) is 0 Å². The monoisotopic (exact) mass is 435 g/mol. The van der Waals surface area contributed by atoms with Crippen molar-refractivity contribution < 1.29 is 4.79 Å². The highest BCUT2D eigenvalue weighted by atomic mass is 16.1. The predicted octanol–water partition coefficient (Wildman–Crippen LogP) is 5.68. The number of nitrogens with one attached hydrogen (secondary N) is 2. The van der Waals surface area contributed by atoms with Gasteiger partial charge in [0.25, 0.3) is 5.91 Å². The number of rotatable bonds is 7. The number of anilines is 1. The second-order valence-corrected chi connectivity index (χ2v) is 8.14. The van der Waals surface area contributed by atoms with Gasteiger partial charge in [-0.1, -0.05) is 67.9 Å². The summed E-state index contributed by atoms with van der Waals surface area (Å²) in [7, 11) is 0. The average Bonchev–Trinajstić information content (AvgIpc) is 3.47. The highest BCUT2D eigenvalue weighted by Gasteiger charge is 2.13. The molecular formula is C27H25N5O. The highest BCUT2D eigenvalue weighted by Crippen LogP contribution is 2.28. The van der Waals surface area contributed by atoms with Crippen molar-refractivity contribution in [3.8, 4) is 11.1 Å². The normalized spacial score (nSPS) is 11.1. The van der Waals surface area contributed by atoms with Crippen LogP contribution in [0.4, 0.5) is 5.69 Å². The van der Waals surface area contributed by atoms with E-state index in [9.17, 15) is 4.79 Å². The predicted molar refractivity (Wildman–Crippen MR) is 131 cm³/mol. The Morgan fingerprint density at radius 2 is 1.82 bits per heavy atom. The van der Waals surface area contributed by atoms with Gasteiger partial charge in [-0.25, -0.2) is 4.98 Å². The molecule has 0 aliphatic carbocycles. The van der Waals surface area contributed by atoms with Crippen molar-refractivity contribution in [1.82, 2.24) is 19.7 Å². The van der Waals surface area contributed by atoms with Crippen LogP contribution >= 0.6 is 0 Å². The van der Waals surface area contributed by atoms with Crippen molar-refractivity contribution in [3.63, 3.8) is 0 Å². The number of amides is 1. The molecule has 0 saturated heterocycles. The van der Waals surface area contributed by atoms with Gasteiger partial charge in [-0.15, -0.1) is 0 Å². The first kappa shape index (κ1) is 20.7. The van der Waals surface area contributed by atoms with Gasteiger partial charge >= 0.3 is 0 Å². The van der Waals surface area contributed by atoms with E-state index in [2.05, 4.69) is 57.6 Å². The summed E-state index contributed by atoms with van der Waals surface area (Å²) in [6, 6.07) is 20.7. The molecule has 0 spiro atoms. The number of hydrogen-bond donors (Lipinski definition) is 2. The maximum atomic E-state index is 12.9. The third-order valence-corrected chi connectivity index (χ3v) is 5.69. The Labute approximate surface area is 192 Å². The number of aromatic nitrogens is 4. The van der Waals surface area contributed by atoms with Crippen LogP contribution in [0.15, 0.2) is 85.5 Å². The number of carbonyl (C=O) groups is 1. The summed E-state index contributed by atoms with van der Waals surface area (Å²) in [5, 5.41) is 8.20. The highest BCUT2D eigenvalue weighted by molar-refractivity contribution is 6.08. The third-order valence-electron chi connectivity index (χ3n) is 5.69. The van der Waals surface area contributed by atoms with Gasteiger partial charge in [0.15, 0.2) is 0 Å². The van der Waals surface area contributed by atoms with Gasteiger partial charge in [0.05, 0.1) is 24.0 Å². The molecular weight excluding hydrogens is 410 g/mol. The molecule has 1 amide bonds. The molecule has 2 N–H and O–H groups in total. The second kappa shape index (κ2) is 9.12. The molecule has 0 atom stereocenters. The molecule has 0 aliphatic heterocycles. The van der Waals surface area contributed by atoms with Crippen LogP contribution in [0.2, 0.25) is 0 Å². The van der Waals surface area contributed by atoms with Gasteiger partial charge in [0.1, 0.15) is 5.65 Å². The Kier molecular flexibility index (Phi) is 5.72. The van der Waals surface area contributed by atoms with E-state index >= 15 is 0 Å². The first-order chi connectivity index (χ1) is 16.2. The lowest BCUT2D eigenvalue weighted by Gasteiger charge is -2.06. The van der Waals surface area contributed by atoms with Crippen molar-refractivity contribution >= 4 is 22.6 Å². The molecule has 33 heavy (non-hydrogen) atoms. The van der Waals surface area contributed by atoms with Crippen LogP contribution in [-0.2, 0) is 13.0 Å². The minimum atomic E-state index is -0.204. The summed E-state index contributed by atoms with van der Waals surface area (Å²) in [6.07, 6.45) is 9.19. The van der Waals surface area contributed by atoms with E-state index in [4.69, 9.17) is 0 Å². The minimum Gasteiger partial charge on any atom is -0.344 e. The van der Waals surface area contributed by atoms with Gasteiger partial charge in [-0.3, -0.25) is 9.48 Å². The average molecular weight is 436 g/mol. The summed E-state index contributed by atoms with van der Waals surface area (Å²) in [4.78, 5) is 20.6. The van der Waals surface area contributed by atoms with E-state index in [0.717, 1.165) is 40.6 Å². The Hall–Kier alpha value is -4.19. The van der Waals surface area contributed by atoms with E-state index in [1.165, 1.54) is 5.56 Å². The summed E-state index contributed by atoms with van der Waals surface area (Å²) in [6.45, 7) is 2.80. The molecule has 0 radical (unpaired) electrons. The summed E-state index contributed by atoms with van der Waals surface area (Å²) < 4.78 is 1.77. The zero-order valence-electron chi connectivity index (χ0n) is 18.5. The van der Waals surface area contributed by atoms with Crippen molar-refractivity contribution in [2.45, 2.75) is 26.3 Å². The Balaban J connectivity index is 1.34. The molecule has 6 heteroatoms. The maximum absolute atomic E-state index is 12.9. The van der Waals surface area contributed by atoms with Gasteiger partial charge < -0.3 is 10.3 Å². The fourth-order valence-corrected chi connectivity index (χ4v) is 3.95. The fourth-order valence-electron chi connectivity index (χ4n) is 3.95. The van der Waals surface area contributed by atoms with Crippen molar-refractivity contribution in [3.05, 3.63) is 102 Å². The zero-order chi connectivity index (χ0) is 22.6. The van der Waals surface area contributed by atoms with Gasteiger partial charge in [-0.2, -0.15) is 5.10 Å². The molecule has 0 aliphatic rings. The number of fused-ring (bicyclic) bond motifs is 1. The van der Waals surface area contributed by atoms with Gasteiger partial charge in [0.2, 0.25) is 0 Å². The summed E-state index contributed by atoms with van der Waals surface area (Å²) >= 11 is 0. The Bertz CT molecular complexity index is 1380. The smallest absolute Gasteiger partial charge is 0.258 e. The van der Waals surface area contributed by atoms with Gasteiger partial charge in [0, 0.05) is 29.5 Å². The third kappa shape index (κ3) is 4.55. The molecule has 6 nitrogen and oxygen atoms in total. The lowest BCUT2D eigenvalue weighted by Crippen LogP contribution is -2.11. The Morgan fingerprint density at radius 1 is 1.00 bits per heavy atom. The number of aryl methyl sites for hydroxylation is 1. The molecule has 0 unspecified atom stereocenters. The molecule has 5 aromatic rings. The van der Waals surface area contributed by atoms with Crippen LogP contribution < -0.4 is 5.32 Å². The van der Waals surface area contributed by atoms with Crippen LogP contribution in [0, 0.1) is 0 Å². The Morgan fingerprint density at radius 3 is 2.61 bits per heavy atom. The largest absolute Gasteiger partial charge is 0.344 e. The lowest BCUT2D eigenvalue weighted by molar-refractivity contribution is 0.102. The van der Waals surface area contributed by atoms with E-state index in [1.807, 2.05) is 36.5 Å². The molecule has 164 valence electrons. The maximum Gasteiger partial charge on any atom is 0.258 e. The topological polar surface area (TPSA) is 75.6 Å². The lowest BCUT2D eigenvalue weighted by atomic mass is 10.0. The van der Waals surface area contributed by atoms with Crippen LogP contribution in [0.3, 0.4) is 0 Å². The molecule has 5 rings (SSSR count). The van der Waals surface area contributed by atoms with Crippen molar-refractivity contribution in [2.75, 3.05) is 5.32 Å². The number of pyridine rings is 1. The second-order valence-electron chi connectivity index (χ2n) is 8.14. The summed E-state index contributed by atoms with van der Waals surface area (Å²) in [5.74, 6) is -0.204. The van der Waals surface area contributed by atoms with Crippen LogP contribution in [0.1, 0.15) is 34.8 Å².